The predicted molar refractivity (Wildman–Crippen MR) is 62.6 cm³/mol. The number of benzene rings is 1. The summed E-state index contributed by atoms with van der Waals surface area (Å²) < 4.78 is 13.7. The average Bonchev–Trinajstić information content (AvgIpc) is 2.16. The summed E-state index contributed by atoms with van der Waals surface area (Å²) in [7, 11) is 0. The highest BCUT2D eigenvalue weighted by Crippen LogP contribution is 2.24. The summed E-state index contributed by atoms with van der Waals surface area (Å²) >= 11 is 2.29. The van der Waals surface area contributed by atoms with E-state index >= 15 is 0 Å². The van der Waals surface area contributed by atoms with Crippen molar-refractivity contribution in [2.45, 2.75) is 19.3 Å². The molecule has 13 heavy (non-hydrogen) atoms. The highest BCUT2D eigenvalue weighted by atomic mass is 127. The Morgan fingerprint density at radius 1 is 1.54 bits per heavy atom. The maximum atomic E-state index is 12.5. The minimum absolute atomic E-state index is 0.218. The van der Waals surface area contributed by atoms with Gasteiger partial charge in [-0.15, -0.1) is 0 Å². The van der Waals surface area contributed by atoms with Crippen molar-refractivity contribution in [2.24, 2.45) is 0 Å². The molecule has 1 rings (SSSR count). The van der Waals surface area contributed by atoms with Gasteiger partial charge < -0.3 is 0 Å². The molecule has 0 saturated heterocycles. The molecule has 0 aliphatic rings. The lowest BCUT2D eigenvalue weighted by Crippen LogP contribution is -2.02. The van der Waals surface area contributed by atoms with Crippen molar-refractivity contribution < 1.29 is 4.39 Å². The molecule has 0 fully saturated rings. The molecule has 0 amide bonds. The molecule has 1 aromatic rings. The first-order valence-corrected chi connectivity index (χ1v) is 5.44. The predicted octanol–water partition coefficient (Wildman–Crippen LogP) is 3.74. The summed E-state index contributed by atoms with van der Waals surface area (Å²) in [6.45, 7) is 5.51. The lowest BCUT2D eigenvalue weighted by molar-refractivity contribution is 0.464. The summed E-state index contributed by atoms with van der Waals surface area (Å²) in [5.74, 6) is -0.218. The monoisotopic (exact) mass is 291 g/mol. The van der Waals surface area contributed by atoms with Gasteiger partial charge in [0.15, 0.2) is 0 Å². The van der Waals surface area contributed by atoms with Crippen LogP contribution in [0.5, 0.6) is 0 Å². The van der Waals surface area contributed by atoms with Crippen molar-refractivity contribution in [1.29, 1.82) is 0 Å². The SMILES string of the molecule is [CH2]C(CF)c1cccc(I)c1CC. The van der Waals surface area contributed by atoms with E-state index in [1.807, 2.05) is 18.2 Å². The van der Waals surface area contributed by atoms with Crippen LogP contribution in [0, 0.1) is 10.5 Å². The minimum Gasteiger partial charge on any atom is -0.250 e. The van der Waals surface area contributed by atoms with E-state index in [0.717, 1.165) is 12.0 Å². The zero-order valence-electron chi connectivity index (χ0n) is 7.69. The Hall–Kier alpha value is -0.120. The molecule has 2 heteroatoms. The topological polar surface area (TPSA) is 0 Å². The van der Waals surface area contributed by atoms with Gasteiger partial charge in [-0.05, 0) is 53.1 Å². The van der Waals surface area contributed by atoms with Crippen LogP contribution in [-0.2, 0) is 6.42 Å². The van der Waals surface area contributed by atoms with Gasteiger partial charge in [0.1, 0.15) is 0 Å². The summed E-state index contributed by atoms with van der Waals surface area (Å²) in [6, 6.07) is 5.98. The van der Waals surface area contributed by atoms with E-state index < -0.39 is 0 Å². The number of rotatable bonds is 3. The molecule has 0 heterocycles. The Morgan fingerprint density at radius 3 is 2.77 bits per heavy atom. The molecule has 0 nitrogen and oxygen atoms in total. The molecule has 71 valence electrons. The molecule has 1 atom stereocenters. The van der Waals surface area contributed by atoms with Crippen LogP contribution in [0.1, 0.15) is 24.0 Å². The smallest absolute Gasteiger partial charge is 0.0963 e. The van der Waals surface area contributed by atoms with Crippen molar-refractivity contribution in [1.82, 2.24) is 0 Å². The second-order valence-corrected chi connectivity index (χ2v) is 4.17. The zero-order valence-corrected chi connectivity index (χ0v) is 9.84. The normalized spacial score (nSPS) is 12.9. The number of hydrogen-bond acceptors (Lipinski definition) is 0. The number of halogens is 2. The third kappa shape index (κ3) is 2.42. The first-order chi connectivity index (χ1) is 6.20. The maximum absolute atomic E-state index is 12.5. The average molecular weight is 291 g/mol. The molecule has 0 saturated carbocycles. The Bertz CT molecular complexity index is 283. The molecule has 1 unspecified atom stereocenters. The van der Waals surface area contributed by atoms with Crippen LogP contribution >= 0.6 is 22.6 Å². The van der Waals surface area contributed by atoms with Gasteiger partial charge in [0.2, 0.25) is 0 Å². The fourth-order valence-corrected chi connectivity index (χ4v) is 2.31. The minimum atomic E-state index is -0.382. The van der Waals surface area contributed by atoms with Crippen molar-refractivity contribution >= 4 is 22.6 Å². The van der Waals surface area contributed by atoms with E-state index in [0.29, 0.717) is 0 Å². The summed E-state index contributed by atoms with van der Waals surface area (Å²) in [4.78, 5) is 0. The lowest BCUT2D eigenvalue weighted by atomic mass is 9.95. The van der Waals surface area contributed by atoms with Gasteiger partial charge in [-0.1, -0.05) is 19.1 Å². The Labute approximate surface area is 92.7 Å². The van der Waals surface area contributed by atoms with Gasteiger partial charge >= 0.3 is 0 Å². The lowest BCUT2D eigenvalue weighted by Gasteiger charge is -2.13. The maximum Gasteiger partial charge on any atom is 0.0963 e. The first-order valence-electron chi connectivity index (χ1n) is 4.37. The number of hydrogen-bond donors (Lipinski definition) is 0. The van der Waals surface area contributed by atoms with E-state index in [9.17, 15) is 4.39 Å². The Kier molecular flexibility index (Phi) is 4.16. The molecule has 0 spiro atoms. The Balaban J connectivity index is 3.12. The van der Waals surface area contributed by atoms with E-state index in [-0.39, 0.29) is 12.6 Å². The molecule has 0 aromatic heterocycles. The van der Waals surface area contributed by atoms with Gasteiger partial charge in [-0.2, -0.15) is 0 Å². The quantitative estimate of drug-likeness (QED) is 0.744. The highest BCUT2D eigenvalue weighted by molar-refractivity contribution is 14.1. The van der Waals surface area contributed by atoms with Crippen molar-refractivity contribution in [3.05, 3.63) is 39.8 Å². The van der Waals surface area contributed by atoms with Gasteiger partial charge in [0.25, 0.3) is 0 Å². The largest absolute Gasteiger partial charge is 0.250 e. The van der Waals surface area contributed by atoms with Crippen molar-refractivity contribution in [2.75, 3.05) is 6.67 Å². The van der Waals surface area contributed by atoms with Crippen LogP contribution in [-0.4, -0.2) is 6.67 Å². The molecule has 0 bridgehead atoms. The van der Waals surface area contributed by atoms with E-state index in [2.05, 4.69) is 36.4 Å². The fourth-order valence-electron chi connectivity index (χ4n) is 1.41. The molecule has 0 aliphatic heterocycles. The number of alkyl halides is 1. The van der Waals surface area contributed by atoms with Crippen molar-refractivity contribution in [3.8, 4) is 0 Å². The summed E-state index contributed by atoms with van der Waals surface area (Å²) in [5.41, 5.74) is 2.29. The second kappa shape index (κ2) is 4.94. The fraction of sp³-hybridized carbons (Fsp3) is 0.364. The highest BCUT2D eigenvalue weighted by Gasteiger charge is 2.10. The first kappa shape index (κ1) is 11.0. The van der Waals surface area contributed by atoms with Crippen LogP contribution < -0.4 is 0 Å². The van der Waals surface area contributed by atoms with Gasteiger partial charge in [0, 0.05) is 9.49 Å². The second-order valence-electron chi connectivity index (χ2n) is 3.01. The summed E-state index contributed by atoms with van der Waals surface area (Å²) in [6.07, 6.45) is 0.945. The molecular weight excluding hydrogens is 278 g/mol. The molecule has 0 aliphatic carbocycles. The van der Waals surface area contributed by atoms with E-state index in [1.165, 1.54) is 9.13 Å². The molecule has 1 aromatic carbocycles. The molecule has 0 N–H and O–H groups in total. The van der Waals surface area contributed by atoms with Crippen molar-refractivity contribution in [3.63, 3.8) is 0 Å². The third-order valence-electron chi connectivity index (χ3n) is 2.13. The van der Waals surface area contributed by atoms with Crippen LogP contribution in [0.25, 0.3) is 0 Å². The summed E-state index contributed by atoms with van der Waals surface area (Å²) in [5, 5.41) is 0. The zero-order chi connectivity index (χ0) is 9.84. The molecule has 1 radical (unpaired) electrons. The van der Waals surface area contributed by atoms with E-state index in [1.54, 1.807) is 0 Å². The standard InChI is InChI=1S/C11H13FI/c1-3-9-10(8(2)7-12)5-4-6-11(9)13/h4-6,8H,2-3,7H2,1H3. The van der Waals surface area contributed by atoms with Crippen LogP contribution in [0.3, 0.4) is 0 Å². The van der Waals surface area contributed by atoms with E-state index in [4.69, 9.17) is 0 Å². The third-order valence-corrected chi connectivity index (χ3v) is 3.15. The van der Waals surface area contributed by atoms with Gasteiger partial charge in [0.05, 0.1) is 6.67 Å². The van der Waals surface area contributed by atoms with Crippen LogP contribution in [0.15, 0.2) is 18.2 Å². The Morgan fingerprint density at radius 2 is 2.23 bits per heavy atom. The van der Waals surface area contributed by atoms with Crippen LogP contribution in [0.2, 0.25) is 0 Å². The van der Waals surface area contributed by atoms with Gasteiger partial charge in [-0.25, -0.2) is 0 Å². The van der Waals surface area contributed by atoms with Gasteiger partial charge in [-0.3, -0.25) is 4.39 Å². The molecular formula is C11H13FI. The van der Waals surface area contributed by atoms with Crippen LogP contribution in [0.4, 0.5) is 4.39 Å².